The molecular weight excluding hydrogens is 218 g/mol. The number of benzene rings is 1. The molecule has 0 unspecified atom stereocenters. The van der Waals surface area contributed by atoms with E-state index < -0.39 is 0 Å². The molecular formula is C13H19NO3. The Labute approximate surface area is 102 Å². The largest absolute Gasteiger partial charge is 0.497 e. The zero-order chi connectivity index (χ0) is 12.1. The van der Waals surface area contributed by atoms with Gasteiger partial charge >= 0.3 is 0 Å². The lowest BCUT2D eigenvalue weighted by atomic mass is 10.2. The first kappa shape index (κ1) is 12.2. The molecule has 0 bridgehead atoms. The molecule has 0 aliphatic carbocycles. The van der Waals surface area contributed by atoms with Crippen molar-refractivity contribution in [2.24, 2.45) is 0 Å². The highest BCUT2D eigenvalue weighted by Crippen LogP contribution is 2.23. The number of ether oxygens (including phenoxy) is 3. The first-order valence-electron chi connectivity index (χ1n) is 5.84. The van der Waals surface area contributed by atoms with Gasteiger partial charge in [0.05, 0.1) is 27.4 Å². The quantitative estimate of drug-likeness (QED) is 0.794. The van der Waals surface area contributed by atoms with Gasteiger partial charge in [0.2, 0.25) is 0 Å². The molecule has 4 nitrogen and oxygen atoms in total. The van der Waals surface area contributed by atoms with Gasteiger partial charge in [-0.25, -0.2) is 0 Å². The molecule has 2 rings (SSSR count). The molecule has 1 aliphatic heterocycles. The van der Waals surface area contributed by atoms with E-state index in [1.54, 1.807) is 14.2 Å². The van der Waals surface area contributed by atoms with Crippen LogP contribution in [0.25, 0.3) is 0 Å². The maximum Gasteiger partial charge on any atom is 0.122 e. The van der Waals surface area contributed by atoms with Gasteiger partial charge in [-0.2, -0.15) is 0 Å². The predicted molar refractivity (Wildman–Crippen MR) is 65.6 cm³/mol. The van der Waals surface area contributed by atoms with Crippen LogP contribution in [0.2, 0.25) is 0 Å². The smallest absolute Gasteiger partial charge is 0.122 e. The van der Waals surface area contributed by atoms with E-state index in [1.165, 1.54) is 5.56 Å². The van der Waals surface area contributed by atoms with Crippen LogP contribution in [-0.4, -0.2) is 45.4 Å². The standard InChI is InChI=1S/C13H19NO3/c1-15-12-7-11(8-13(9-12)16-2)10-14-3-5-17-6-4-14/h7-9H,3-6,10H2,1-2H3. The maximum atomic E-state index is 5.34. The van der Waals surface area contributed by atoms with E-state index in [1.807, 2.05) is 6.07 Å². The van der Waals surface area contributed by atoms with Crippen LogP contribution >= 0.6 is 0 Å². The van der Waals surface area contributed by atoms with Crippen molar-refractivity contribution in [1.29, 1.82) is 0 Å². The molecule has 1 aromatic carbocycles. The van der Waals surface area contributed by atoms with Crippen LogP contribution < -0.4 is 9.47 Å². The summed E-state index contributed by atoms with van der Waals surface area (Å²) in [6.07, 6.45) is 0. The summed E-state index contributed by atoms with van der Waals surface area (Å²) >= 11 is 0. The Morgan fingerprint density at radius 3 is 2.18 bits per heavy atom. The van der Waals surface area contributed by atoms with Gasteiger partial charge in [0.15, 0.2) is 0 Å². The van der Waals surface area contributed by atoms with Crippen LogP contribution in [0.5, 0.6) is 11.5 Å². The molecule has 1 saturated heterocycles. The fourth-order valence-electron chi connectivity index (χ4n) is 1.98. The summed E-state index contributed by atoms with van der Waals surface area (Å²) in [6, 6.07) is 6.00. The van der Waals surface area contributed by atoms with Crippen LogP contribution in [0.15, 0.2) is 18.2 Å². The summed E-state index contributed by atoms with van der Waals surface area (Å²) in [5.41, 5.74) is 1.21. The molecule has 0 radical (unpaired) electrons. The molecule has 0 N–H and O–H groups in total. The van der Waals surface area contributed by atoms with Gasteiger partial charge in [0.25, 0.3) is 0 Å². The third-order valence-electron chi connectivity index (χ3n) is 2.92. The third-order valence-corrected chi connectivity index (χ3v) is 2.92. The topological polar surface area (TPSA) is 30.9 Å². The van der Waals surface area contributed by atoms with E-state index >= 15 is 0 Å². The van der Waals surface area contributed by atoms with E-state index in [0.717, 1.165) is 44.3 Å². The number of hydrogen-bond acceptors (Lipinski definition) is 4. The van der Waals surface area contributed by atoms with Gasteiger partial charge in [0, 0.05) is 25.7 Å². The Bertz CT molecular complexity index is 339. The Morgan fingerprint density at radius 2 is 1.65 bits per heavy atom. The lowest BCUT2D eigenvalue weighted by Gasteiger charge is -2.26. The molecule has 4 heteroatoms. The predicted octanol–water partition coefficient (Wildman–Crippen LogP) is 1.54. The summed E-state index contributed by atoms with van der Waals surface area (Å²) in [5, 5.41) is 0. The van der Waals surface area contributed by atoms with E-state index in [4.69, 9.17) is 14.2 Å². The van der Waals surface area contributed by atoms with Gasteiger partial charge in [-0.05, 0) is 17.7 Å². The molecule has 1 aromatic rings. The number of rotatable bonds is 4. The fourth-order valence-corrected chi connectivity index (χ4v) is 1.98. The molecule has 0 aromatic heterocycles. The zero-order valence-electron chi connectivity index (χ0n) is 10.4. The van der Waals surface area contributed by atoms with Gasteiger partial charge in [-0.1, -0.05) is 0 Å². The Hall–Kier alpha value is -1.26. The Balaban J connectivity index is 2.07. The summed E-state index contributed by atoms with van der Waals surface area (Å²) in [5.74, 6) is 1.68. The molecule has 1 heterocycles. The molecule has 0 saturated carbocycles. The SMILES string of the molecule is COc1cc(CN2CCOCC2)cc(OC)c1. The Kier molecular flexibility index (Phi) is 4.23. The average molecular weight is 237 g/mol. The van der Waals surface area contributed by atoms with Gasteiger partial charge in [0.1, 0.15) is 11.5 Å². The maximum absolute atomic E-state index is 5.34. The fraction of sp³-hybridized carbons (Fsp3) is 0.538. The number of methoxy groups -OCH3 is 2. The van der Waals surface area contributed by atoms with E-state index in [9.17, 15) is 0 Å². The molecule has 94 valence electrons. The van der Waals surface area contributed by atoms with Crippen LogP contribution in [0.4, 0.5) is 0 Å². The molecule has 1 aliphatic rings. The molecule has 0 amide bonds. The Morgan fingerprint density at radius 1 is 1.06 bits per heavy atom. The second kappa shape index (κ2) is 5.89. The van der Waals surface area contributed by atoms with Crippen molar-refractivity contribution in [2.45, 2.75) is 6.54 Å². The third kappa shape index (κ3) is 3.35. The van der Waals surface area contributed by atoms with Crippen molar-refractivity contribution in [3.63, 3.8) is 0 Å². The van der Waals surface area contributed by atoms with E-state index in [0.29, 0.717) is 0 Å². The zero-order valence-corrected chi connectivity index (χ0v) is 10.4. The monoisotopic (exact) mass is 237 g/mol. The van der Waals surface area contributed by atoms with Crippen molar-refractivity contribution in [3.8, 4) is 11.5 Å². The summed E-state index contributed by atoms with van der Waals surface area (Å²) < 4.78 is 15.9. The van der Waals surface area contributed by atoms with Crippen molar-refractivity contribution < 1.29 is 14.2 Å². The summed E-state index contributed by atoms with van der Waals surface area (Å²) in [7, 11) is 3.35. The highest BCUT2D eigenvalue weighted by atomic mass is 16.5. The molecule has 0 atom stereocenters. The van der Waals surface area contributed by atoms with Gasteiger partial charge in [-0.15, -0.1) is 0 Å². The number of morpholine rings is 1. The van der Waals surface area contributed by atoms with Gasteiger partial charge in [-0.3, -0.25) is 4.90 Å². The van der Waals surface area contributed by atoms with Gasteiger partial charge < -0.3 is 14.2 Å². The van der Waals surface area contributed by atoms with E-state index in [-0.39, 0.29) is 0 Å². The minimum atomic E-state index is 0.821. The lowest BCUT2D eigenvalue weighted by Crippen LogP contribution is -2.35. The minimum Gasteiger partial charge on any atom is -0.497 e. The normalized spacial score (nSPS) is 16.8. The summed E-state index contributed by atoms with van der Waals surface area (Å²) in [6.45, 7) is 4.53. The second-order valence-corrected chi connectivity index (χ2v) is 4.11. The van der Waals surface area contributed by atoms with Crippen molar-refractivity contribution in [2.75, 3.05) is 40.5 Å². The molecule has 17 heavy (non-hydrogen) atoms. The highest BCUT2D eigenvalue weighted by molar-refractivity contribution is 5.38. The summed E-state index contributed by atoms with van der Waals surface area (Å²) in [4.78, 5) is 2.37. The van der Waals surface area contributed by atoms with Crippen LogP contribution in [0.3, 0.4) is 0 Å². The average Bonchev–Trinajstić information content (AvgIpc) is 2.39. The lowest BCUT2D eigenvalue weighted by molar-refractivity contribution is 0.0341. The van der Waals surface area contributed by atoms with Crippen molar-refractivity contribution in [3.05, 3.63) is 23.8 Å². The molecule has 1 fully saturated rings. The number of hydrogen-bond donors (Lipinski definition) is 0. The van der Waals surface area contributed by atoms with Crippen molar-refractivity contribution >= 4 is 0 Å². The number of nitrogens with zero attached hydrogens (tertiary/aromatic N) is 1. The second-order valence-electron chi connectivity index (χ2n) is 4.11. The van der Waals surface area contributed by atoms with E-state index in [2.05, 4.69) is 17.0 Å². The first-order chi connectivity index (χ1) is 8.31. The highest BCUT2D eigenvalue weighted by Gasteiger charge is 2.11. The van der Waals surface area contributed by atoms with Crippen molar-refractivity contribution in [1.82, 2.24) is 4.90 Å². The van der Waals surface area contributed by atoms with Crippen LogP contribution in [0, 0.1) is 0 Å². The van der Waals surface area contributed by atoms with Crippen LogP contribution in [-0.2, 0) is 11.3 Å². The van der Waals surface area contributed by atoms with Crippen LogP contribution in [0.1, 0.15) is 5.56 Å². The minimum absolute atomic E-state index is 0.821. The molecule has 0 spiro atoms. The first-order valence-corrected chi connectivity index (χ1v) is 5.84.